The first-order valence-electron chi connectivity index (χ1n) is 3.80. The van der Waals surface area contributed by atoms with Gasteiger partial charge in [-0.2, -0.15) is 0 Å². The van der Waals surface area contributed by atoms with E-state index in [1.54, 1.807) is 0 Å². The third-order valence-electron chi connectivity index (χ3n) is 2.23. The van der Waals surface area contributed by atoms with Crippen molar-refractivity contribution in [1.82, 2.24) is 0 Å². The average molecular weight is 133 g/mol. The number of hydrogen-bond donors (Lipinski definition) is 0. The molecule has 0 aromatic carbocycles. The Balaban J connectivity index is 2.36. The van der Waals surface area contributed by atoms with Gasteiger partial charge in [-0.3, -0.25) is 4.99 Å². The van der Waals surface area contributed by atoms with Crippen LogP contribution >= 0.6 is 0 Å². The Morgan fingerprint density at radius 2 is 2.50 bits per heavy atom. The average Bonchev–Trinajstić information content (AvgIpc) is 2.36. The molecule has 2 aliphatic rings. The van der Waals surface area contributed by atoms with Crippen LogP contribution in [0.4, 0.5) is 0 Å². The fourth-order valence-electron chi connectivity index (χ4n) is 1.56. The minimum absolute atomic E-state index is 0.725. The van der Waals surface area contributed by atoms with Crippen LogP contribution < -0.4 is 0 Å². The van der Waals surface area contributed by atoms with Gasteiger partial charge in [-0.15, -0.1) is 0 Å². The highest BCUT2D eigenvalue weighted by atomic mass is 14.8. The number of nitrogens with zero attached hydrogens (tertiary/aromatic N) is 1. The van der Waals surface area contributed by atoms with E-state index >= 15 is 0 Å². The van der Waals surface area contributed by atoms with E-state index < -0.39 is 0 Å². The quantitative estimate of drug-likeness (QED) is 0.481. The predicted octanol–water partition coefficient (Wildman–Crippen LogP) is 2.31. The van der Waals surface area contributed by atoms with Gasteiger partial charge in [0, 0.05) is 12.6 Å². The molecule has 1 aliphatic heterocycles. The van der Waals surface area contributed by atoms with Gasteiger partial charge in [0.1, 0.15) is 0 Å². The number of rotatable bonds is 0. The zero-order valence-corrected chi connectivity index (χ0v) is 6.17. The molecule has 0 spiro atoms. The van der Waals surface area contributed by atoms with Crippen LogP contribution in [0, 0.1) is 5.92 Å². The molecule has 10 heavy (non-hydrogen) atoms. The zero-order valence-electron chi connectivity index (χ0n) is 6.17. The summed E-state index contributed by atoms with van der Waals surface area (Å²) in [6.07, 6.45) is 8.64. The molecular weight excluding hydrogens is 122 g/mol. The predicted molar refractivity (Wildman–Crippen MR) is 43.1 cm³/mol. The van der Waals surface area contributed by atoms with Crippen LogP contribution in [-0.2, 0) is 0 Å². The van der Waals surface area contributed by atoms with Gasteiger partial charge in [-0.1, -0.05) is 13.0 Å². The molecule has 0 aromatic heterocycles. The maximum Gasteiger partial charge on any atom is 0.0621 e. The van der Waals surface area contributed by atoms with E-state index in [0.29, 0.717) is 0 Å². The molecule has 0 fully saturated rings. The van der Waals surface area contributed by atoms with E-state index in [1.807, 2.05) is 6.21 Å². The van der Waals surface area contributed by atoms with E-state index in [-0.39, 0.29) is 0 Å². The van der Waals surface area contributed by atoms with E-state index in [1.165, 1.54) is 17.7 Å². The summed E-state index contributed by atoms with van der Waals surface area (Å²) >= 11 is 0. The van der Waals surface area contributed by atoms with Gasteiger partial charge >= 0.3 is 0 Å². The fraction of sp³-hybridized carbons (Fsp3) is 0.444. The molecule has 1 heterocycles. The van der Waals surface area contributed by atoms with Crippen LogP contribution in [0.5, 0.6) is 0 Å². The van der Waals surface area contributed by atoms with Crippen molar-refractivity contribution in [3.05, 3.63) is 23.4 Å². The Morgan fingerprint density at radius 1 is 1.60 bits per heavy atom. The first-order valence-corrected chi connectivity index (χ1v) is 3.80. The zero-order chi connectivity index (χ0) is 6.97. The molecule has 0 saturated carbocycles. The SMILES string of the molecule is CC1CC=CC2=C1CC=N2. The summed E-state index contributed by atoms with van der Waals surface area (Å²) in [4.78, 5) is 4.28. The first-order chi connectivity index (χ1) is 4.88. The lowest BCUT2D eigenvalue weighted by Crippen LogP contribution is -2.01. The standard InChI is InChI=1S/C9H11N/c1-7-3-2-4-9-8(7)5-6-10-9/h2,4,6-7H,3,5H2,1H3. The van der Waals surface area contributed by atoms with Crippen molar-refractivity contribution >= 4 is 6.21 Å². The Hall–Kier alpha value is -0.850. The minimum Gasteiger partial charge on any atom is -0.261 e. The van der Waals surface area contributed by atoms with E-state index in [0.717, 1.165) is 12.3 Å². The number of hydrogen-bond acceptors (Lipinski definition) is 1. The third kappa shape index (κ3) is 0.737. The van der Waals surface area contributed by atoms with Crippen LogP contribution in [-0.4, -0.2) is 6.21 Å². The Kier molecular flexibility index (Phi) is 1.23. The molecule has 0 saturated heterocycles. The highest BCUT2D eigenvalue weighted by Crippen LogP contribution is 2.30. The second kappa shape index (κ2) is 2.08. The maximum absolute atomic E-state index is 4.28. The summed E-state index contributed by atoms with van der Waals surface area (Å²) in [7, 11) is 0. The van der Waals surface area contributed by atoms with Gasteiger partial charge in [-0.05, 0) is 24.0 Å². The summed E-state index contributed by atoms with van der Waals surface area (Å²) < 4.78 is 0. The summed E-state index contributed by atoms with van der Waals surface area (Å²) in [5.74, 6) is 0.725. The van der Waals surface area contributed by atoms with Crippen molar-refractivity contribution in [2.24, 2.45) is 10.9 Å². The van der Waals surface area contributed by atoms with Gasteiger partial charge in [0.15, 0.2) is 0 Å². The second-order valence-corrected chi connectivity index (χ2v) is 2.97. The number of aliphatic imine (C=N–C) groups is 1. The smallest absolute Gasteiger partial charge is 0.0621 e. The van der Waals surface area contributed by atoms with Crippen LogP contribution in [0.1, 0.15) is 19.8 Å². The van der Waals surface area contributed by atoms with Crippen molar-refractivity contribution < 1.29 is 0 Å². The molecule has 0 N–H and O–H groups in total. The fourth-order valence-corrected chi connectivity index (χ4v) is 1.56. The monoisotopic (exact) mass is 133 g/mol. The van der Waals surface area contributed by atoms with Crippen LogP contribution in [0.15, 0.2) is 28.4 Å². The van der Waals surface area contributed by atoms with Gasteiger partial charge in [0.05, 0.1) is 5.70 Å². The molecule has 1 atom stereocenters. The molecule has 52 valence electrons. The summed E-state index contributed by atoms with van der Waals surface area (Å²) in [6, 6.07) is 0. The molecule has 1 aliphatic carbocycles. The van der Waals surface area contributed by atoms with Gasteiger partial charge in [0.2, 0.25) is 0 Å². The highest BCUT2D eigenvalue weighted by molar-refractivity contribution is 5.69. The van der Waals surface area contributed by atoms with Crippen LogP contribution in [0.3, 0.4) is 0 Å². The molecule has 1 unspecified atom stereocenters. The molecular formula is C9H11N. The largest absolute Gasteiger partial charge is 0.261 e. The normalized spacial score (nSPS) is 29.5. The molecule has 0 bridgehead atoms. The van der Waals surface area contributed by atoms with E-state index in [9.17, 15) is 0 Å². The third-order valence-corrected chi connectivity index (χ3v) is 2.23. The minimum atomic E-state index is 0.725. The summed E-state index contributed by atoms with van der Waals surface area (Å²) in [5.41, 5.74) is 2.75. The Bertz CT molecular complexity index is 233. The molecule has 2 rings (SSSR count). The molecule has 0 radical (unpaired) electrons. The molecule has 0 aromatic rings. The van der Waals surface area contributed by atoms with Crippen LogP contribution in [0.2, 0.25) is 0 Å². The highest BCUT2D eigenvalue weighted by Gasteiger charge is 2.17. The lowest BCUT2D eigenvalue weighted by Gasteiger charge is -2.14. The Labute approximate surface area is 61.2 Å². The Morgan fingerprint density at radius 3 is 3.30 bits per heavy atom. The maximum atomic E-state index is 4.28. The van der Waals surface area contributed by atoms with E-state index in [4.69, 9.17) is 0 Å². The molecule has 0 amide bonds. The van der Waals surface area contributed by atoms with Crippen molar-refractivity contribution in [2.75, 3.05) is 0 Å². The van der Waals surface area contributed by atoms with Crippen LogP contribution in [0.25, 0.3) is 0 Å². The topological polar surface area (TPSA) is 12.4 Å². The molecule has 1 heteroatoms. The second-order valence-electron chi connectivity index (χ2n) is 2.97. The molecule has 1 nitrogen and oxygen atoms in total. The van der Waals surface area contributed by atoms with Crippen molar-refractivity contribution in [1.29, 1.82) is 0 Å². The lowest BCUT2D eigenvalue weighted by atomic mass is 9.91. The van der Waals surface area contributed by atoms with Gasteiger partial charge in [0.25, 0.3) is 0 Å². The van der Waals surface area contributed by atoms with Crippen molar-refractivity contribution in [3.63, 3.8) is 0 Å². The number of allylic oxidation sites excluding steroid dienone is 3. The first kappa shape index (κ1) is 5.90. The van der Waals surface area contributed by atoms with Gasteiger partial charge in [-0.25, -0.2) is 0 Å². The summed E-state index contributed by atoms with van der Waals surface area (Å²) in [6.45, 7) is 2.27. The van der Waals surface area contributed by atoms with E-state index in [2.05, 4.69) is 24.1 Å². The summed E-state index contributed by atoms with van der Waals surface area (Å²) in [5, 5.41) is 0. The lowest BCUT2D eigenvalue weighted by molar-refractivity contribution is 0.673. The van der Waals surface area contributed by atoms with Gasteiger partial charge < -0.3 is 0 Å². The van der Waals surface area contributed by atoms with Crippen molar-refractivity contribution in [3.8, 4) is 0 Å². The van der Waals surface area contributed by atoms with Crippen molar-refractivity contribution in [2.45, 2.75) is 19.8 Å².